The molecule has 0 unspecified atom stereocenters. The summed E-state index contributed by atoms with van der Waals surface area (Å²) in [5, 5.41) is 11.3. The standard InChI is InChI=1S/C11H14N8O2/c1-7-9(19(20)21)10(15-11(14-7)16-12)18-5-4-17-3-2-13-8(17)6-18/h2-3H,4-6,12H2,1H3,(H,14,15,16). The van der Waals surface area contributed by atoms with Crippen molar-refractivity contribution in [3.63, 3.8) is 0 Å². The number of nitrogens with one attached hydrogen (secondary N) is 1. The van der Waals surface area contributed by atoms with Crippen LogP contribution in [0.25, 0.3) is 0 Å². The Balaban J connectivity index is 2.05. The number of hydrazine groups is 1. The molecule has 0 saturated carbocycles. The van der Waals surface area contributed by atoms with E-state index >= 15 is 0 Å². The second kappa shape index (κ2) is 4.98. The molecular weight excluding hydrogens is 276 g/mol. The topological polar surface area (TPSA) is 128 Å². The average molecular weight is 290 g/mol. The maximum absolute atomic E-state index is 11.3. The summed E-state index contributed by atoms with van der Waals surface area (Å²) >= 11 is 0. The van der Waals surface area contributed by atoms with Crippen molar-refractivity contribution in [1.29, 1.82) is 0 Å². The first-order valence-corrected chi connectivity index (χ1v) is 6.34. The summed E-state index contributed by atoms with van der Waals surface area (Å²) in [5.74, 6) is 6.58. The van der Waals surface area contributed by atoms with Gasteiger partial charge in [0.15, 0.2) is 0 Å². The van der Waals surface area contributed by atoms with Crippen LogP contribution < -0.4 is 16.2 Å². The number of aryl methyl sites for hydroxylation is 1. The van der Waals surface area contributed by atoms with Gasteiger partial charge in [0.1, 0.15) is 11.5 Å². The van der Waals surface area contributed by atoms with Gasteiger partial charge < -0.3 is 9.47 Å². The second-order valence-corrected chi connectivity index (χ2v) is 4.66. The van der Waals surface area contributed by atoms with Crippen LogP contribution in [0.4, 0.5) is 17.5 Å². The van der Waals surface area contributed by atoms with Crippen LogP contribution in [0.5, 0.6) is 0 Å². The lowest BCUT2D eigenvalue weighted by Crippen LogP contribution is -2.35. The summed E-state index contributed by atoms with van der Waals surface area (Å²) in [5.41, 5.74) is 2.50. The molecule has 2 aromatic rings. The van der Waals surface area contributed by atoms with Gasteiger partial charge in [0, 0.05) is 25.5 Å². The molecule has 2 aromatic heterocycles. The number of anilines is 2. The van der Waals surface area contributed by atoms with Gasteiger partial charge in [0.25, 0.3) is 0 Å². The van der Waals surface area contributed by atoms with Crippen LogP contribution >= 0.6 is 0 Å². The molecule has 3 N–H and O–H groups in total. The van der Waals surface area contributed by atoms with Crippen molar-refractivity contribution in [2.45, 2.75) is 20.0 Å². The fraction of sp³-hybridized carbons (Fsp3) is 0.364. The molecule has 110 valence electrons. The van der Waals surface area contributed by atoms with E-state index in [2.05, 4.69) is 20.4 Å². The number of imidazole rings is 1. The maximum Gasteiger partial charge on any atom is 0.332 e. The number of fused-ring (bicyclic) bond motifs is 1. The normalized spacial score (nSPS) is 13.9. The lowest BCUT2D eigenvalue weighted by atomic mass is 10.3. The molecule has 0 aliphatic carbocycles. The first-order chi connectivity index (χ1) is 10.1. The van der Waals surface area contributed by atoms with Crippen molar-refractivity contribution < 1.29 is 4.92 Å². The molecule has 0 saturated heterocycles. The third kappa shape index (κ3) is 2.25. The van der Waals surface area contributed by atoms with E-state index in [4.69, 9.17) is 5.84 Å². The number of hydrogen-bond donors (Lipinski definition) is 2. The quantitative estimate of drug-likeness (QED) is 0.466. The van der Waals surface area contributed by atoms with Crippen LogP contribution in [-0.2, 0) is 13.1 Å². The summed E-state index contributed by atoms with van der Waals surface area (Å²) < 4.78 is 2.01. The molecule has 0 radical (unpaired) electrons. The highest BCUT2D eigenvalue weighted by molar-refractivity contribution is 5.62. The van der Waals surface area contributed by atoms with Gasteiger partial charge in [-0.15, -0.1) is 0 Å². The zero-order valence-electron chi connectivity index (χ0n) is 11.4. The molecule has 21 heavy (non-hydrogen) atoms. The third-order valence-corrected chi connectivity index (χ3v) is 3.40. The molecule has 0 atom stereocenters. The van der Waals surface area contributed by atoms with Gasteiger partial charge in [-0.25, -0.2) is 15.8 Å². The summed E-state index contributed by atoms with van der Waals surface area (Å²) in [6.45, 7) is 3.31. The number of nitrogens with zero attached hydrogens (tertiary/aromatic N) is 6. The second-order valence-electron chi connectivity index (χ2n) is 4.66. The molecule has 0 aromatic carbocycles. The molecule has 0 amide bonds. The molecule has 0 bridgehead atoms. The predicted molar refractivity (Wildman–Crippen MR) is 74.5 cm³/mol. The van der Waals surface area contributed by atoms with Crippen molar-refractivity contribution in [3.05, 3.63) is 34.0 Å². The van der Waals surface area contributed by atoms with Crippen molar-refractivity contribution in [3.8, 4) is 0 Å². The van der Waals surface area contributed by atoms with Gasteiger partial charge in [-0.2, -0.15) is 4.98 Å². The Morgan fingerprint density at radius 2 is 2.24 bits per heavy atom. The molecular formula is C11H14N8O2. The van der Waals surface area contributed by atoms with Crippen molar-refractivity contribution in [2.24, 2.45) is 5.84 Å². The third-order valence-electron chi connectivity index (χ3n) is 3.40. The van der Waals surface area contributed by atoms with E-state index in [1.165, 1.54) is 0 Å². The minimum atomic E-state index is -0.466. The Kier molecular flexibility index (Phi) is 3.14. The molecule has 3 rings (SSSR count). The summed E-state index contributed by atoms with van der Waals surface area (Å²) in [7, 11) is 0. The van der Waals surface area contributed by atoms with E-state index in [0.29, 0.717) is 19.6 Å². The van der Waals surface area contributed by atoms with Crippen LogP contribution in [0.3, 0.4) is 0 Å². The van der Waals surface area contributed by atoms with Gasteiger partial charge in [-0.1, -0.05) is 0 Å². The van der Waals surface area contributed by atoms with Crippen molar-refractivity contribution in [2.75, 3.05) is 16.9 Å². The maximum atomic E-state index is 11.3. The van der Waals surface area contributed by atoms with Crippen LogP contribution in [0, 0.1) is 17.0 Å². The van der Waals surface area contributed by atoms with Crippen LogP contribution in [0.2, 0.25) is 0 Å². The number of rotatable bonds is 3. The highest BCUT2D eigenvalue weighted by Gasteiger charge is 2.29. The Labute approximate surface area is 119 Å². The lowest BCUT2D eigenvalue weighted by Gasteiger charge is -2.28. The number of nitrogen functional groups attached to an aromatic ring is 1. The summed E-state index contributed by atoms with van der Waals surface area (Å²) in [4.78, 5) is 25.0. The van der Waals surface area contributed by atoms with E-state index in [1.807, 2.05) is 15.7 Å². The highest BCUT2D eigenvalue weighted by Crippen LogP contribution is 2.31. The molecule has 10 nitrogen and oxygen atoms in total. The minimum absolute atomic E-state index is 0.103. The van der Waals surface area contributed by atoms with E-state index in [9.17, 15) is 10.1 Å². The zero-order chi connectivity index (χ0) is 15.0. The molecule has 0 fully saturated rings. The highest BCUT2D eigenvalue weighted by atomic mass is 16.6. The van der Waals surface area contributed by atoms with E-state index < -0.39 is 4.92 Å². The number of nitrogens with two attached hydrogens (primary N) is 1. The van der Waals surface area contributed by atoms with Crippen molar-refractivity contribution in [1.82, 2.24) is 19.5 Å². The Morgan fingerprint density at radius 3 is 2.95 bits per heavy atom. The predicted octanol–water partition coefficient (Wildman–Crippen LogP) is 0.196. The first kappa shape index (κ1) is 13.2. The lowest BCUT2D eigenvalue weighted by molar-refractivity contribution is -0.385. The average Bonchev–Trinajstić information content (AvgIpc) is 2.93. The number of nitro groups is 1. The Hall–Kier alpha value is -2.75. The SMILES string of the molecule is Cc1nc(NN)nc(N2CCn3ccnc3C2)c1[N+](=O)[O-]. The monoisotopic (exact) mass is 290 g/mol. The summed E-state index contributed by atoms with van der Waals surface area (Å²) in [6, 6.07) is 0. The smallest absolute Gasteiger partial charge is 0.332 e. The summed E-state index contributed by atoms with van der Waals surface area (Å²) in [6.07, 6.45) is 3.60. The molecule has 1 aliphatic rings. The number of hydrogen-bond acceptors (Lipinski definition) is 8. The van der Waals surface area contributed by atoms with Gasteiger partial charge in [0.05, 0.1) is 11.5 Å². The largest absolute Gasteiger partial charge is 0.341 e. The Morgan fingerprint density at radius 1 is 1.43 bits per heavy atom. The number of aromatic nitrogens is 4. The molecule has 3 heterocycles. The fourth-order valence-corrected chi connectivity index (χ4v) is 2.40. The van der Waals surface area contributed by atoms with Crippen LogP contribution in [0.15, 0.2) is 12.4 Å². The van der Waals surface area contributed by atoms with Gasteiger partial charge in [-0.05, 0) is 6.92 Å². The van der Waals surface area contributed by atoms with Crippen LogP contribution in [0.1, 0.15) is 11.5 Å². The van der Waals surface area contributed by atoms with E-state index in [-0.39, 0.29) is 23.1 Å². The Bertz CT molecular complexity index is 698. The molecule has 0 spiro atoms. The van der Waals surface area contributed by atoms with Gasteiger partial charge in [-0.3, -0.25) is 15.5 Å². The molecule has 1 aliphatic heterocycles. The first-order valence-electron chi connectivity index (χ1n) is 6.34. The van der Waals surface area contributed by atoms with Crippen molar-refractivity contribution >= 4 is 17.5 Å². The van der Waals surface area contributed by atoms with Gasteiger partial charge in [0.2, 0.25) is 11.8 Å². The van der Waals surface area contributed by atoms with E-state index in [0.717, 1.165) is 5.82 Å². The van der Waals surface area contributed by atoms with Gasteiger partial charge >= 0.3 is 5.69 Å². The minimum Gasteiger partial charge on any atom is -0.341 e. The zero-order valence-corrected chi connectivity index (χ0v) is 11.4. The van der Waals surface area contributed by atoms with E-state index in [1.54, 1.807) is 13.1 Å². The van der Waals surface area contributed by atoms with Crippen LogP contribution in [-0.4, -0.2) is 31.0 Å². The molecule has 10 heteroatoms. The fourth-order valence-electron chi connectivity index (χ4n) is 2.40.